The van der Waals surface area contributed by atoms with Crippen molar-refractivity contribution in [1.29, 1.82) is 5.26 Å². The first-order chi connectivity index (χ1) is 14.0. The van der Waals surface area contributed by atoms with Crippen molar-refractivity contribution in [2.75, 3.05) is 12.3 Å². The molecule has 0 saturated carbocycles. The van der Waals surface area contributed by atoms with Crippen LogP contribution in [0, 0.1) is 11.3 Å². The van der Waals surface area contributed by atoms with E-state index in [1.54, 1.807) is 36.0 Å². The molecule has 2 aromatic heterocycles. The number of carbonyl (C=O) groups excluding carboxylic acids is 1. The Kier molecular flexibility index (Phi) is 6.57. The summed E-state index contributed by atoms with van der Waals surface area (Å²) in [5.41, 5.74) is 1.54. The van der Waals surface area contributed by atoms with E-state index in [-0.39, 0.29) is 17.2 Å². The van der Waals surface area contributed by atoms with Gasteiger partial charge in [-0.3, -0.25) is 14.2 Å². The molecule has 1 amide bonds. The van der Waals surface area contributed by atoms with Gasteiger partial charge in [0.15, 0.2) is 5.16 Å². The Bertz CT molecular complexity index is 1110. The summed E-state index contributed by atoms with van der Waals surface area (Å²) in [6.45, 7) is 0.356. The number of fused-ring (bicyclic) bond motifs is 1. The van der Waals surface area contributed by atoms with E-state index in [9.17, 15) is 14.7 Å². The van der Waals surface area contributed by atoms with Crippen molar-refractivity contribution in [2.24, 2.45) is 7.05 Å². The molecule has 0 fully saturated rings. The first-order valence-corrected chi connectivity index (χ1v) is 10.1. The molecule has 2 N–H and O–H groups in total. The summed E-state index contributed by atoms with van der Waals surface area (Å²) in [5.74, 6) is 0.628. The molecule has 0 spiro atoms. The molecule has 9 heteroatoms. The highest BCUT2D eigenvalue weighted by Gasteiger charge is 2.15. The Morgan fingerprint density at radius 1 is 1.31 bits per heavy atom. The summed E-state index contributed by atoms with van der Waals surface area (Å²) in [4.78, 5) is 29.5. The molecule has 150 valence electrons. The molecule has 0 unspecified atom stereocenters. The van der Waals surface area contributed by atoms with Crippen LogP contribution in [0.15, 0.2) is 46.5 Å². The number of phenolic OH excluding ortho intramolecular Hbond substituents is 1. The van der Waals surface area contributed by atoms with E-state index in [1.807, 2.05) is 6.07 Å². The Labute approximate surface area is 171 Å². The highest BCUT2D eigenvalue weighted by molar-refractivity contribution is 7.99. The molecular weight excluding hydrogens is 390 g/mol. The summed E-state index contributed by atoms with van der Waals surface area (Å²) in [5, 5.41) is 21.3. The quantitative estimate of drug-likeness (QED) is 0.334. The van der Waals surface area contributed by atoms with Gasteiger partial charge in [-0.15, -0.1) is 0 Å². The van der Waals surface area contributed by atoms with Crippen LogP contribution in [0.25, 0.3) is 16.7 Å². The van der Waals surface area contributed by atoms with E-state index < -0.39 is 0 Å². The fourth-order valence-electron chi connectivity index (χ4n) is 2.88. The SMILES string of the molecule is Cn1ccc2nc(SCCCC(=O)NCCC#N)n(-c3ccc(O)cc3)c(=O)c21. The van der Waals surface area contributed by atoms with Crippen LogP contribution in [-0.2, 0) is 11.8 Å². The maximum Gasteiger partial charge on any atom is 0.283 e. The first-order valence-electron chi connectivity index (χ1n) is 9.15. The number of nitrogens with one attached hydrogen (secondary N) is 1. The zero-order valence-corrected chi connectivity index (χ0v) is 16.8. The number of aromatic nitrogens is 3. The fraction of sp³-hybridized carbons (Fsp3) is 0.300. The first kappa shape index (κ1) is 20.5. The van der Waals surface area contributed by atoms with Gasteiger partial charge in [0, 0.05) is 32.0 Å². The van der Waals surface area contributed by atoms with Crippen LogP contribution in [0.1, 0.15) is 19.3 Å². The molecule has 0 saturated heterocycles. The number of aryl methyl sites for hydroxylation is 1. The summed E-state index contributed by atoms with van der Waals surface area (Å²) >= 11 is 1.40. The standard InChI is InChI=1S/C20H21N5O3S/c1-24-12-9-16-18(24)19(28)25(14-5-7-15(26)8-6-14)20(23-16)29-13-2-4-17(27)22-11-3-10-21/h5-9,12,26H,2-4,11,13H2,1H3,(H,22,27). The maximum atomic E-state index is 13.1. The van der Waals surface area contributed by atoms with Crippen molar-refractivity contribution in [1.82, 2.24) is 19.4 Å². The molecule has 29 heavy (non-hydrogen) atoms. The van der Waals surface area contributed by atoms with E-state index in [1.165, 1.54) is 28.5 Å². The molecule has 3 rings (SSSR count). The topological polar surface area (TPSA) is 113 Å². The lowest BCUT2D eigenvalue weighted by Crippen LogP contribution is -2.24. The Hall–Kier alpha value is -3.25. The minimum Gasteiger partial charge on any atom is -0.508 e. The highest BCUT2D eigenvalue weighted by Crippen LogP contribution is 2.23. The van der Waals surface area contributed by atoms with Crippen LogP contribution >= 0.6 is 11.8 Å². The fourth-order valence-corrected chi connectivity index (χ4v) is 3.83. The van der Waals surface area contributed by atoms with Crippen LogP contribution in [-0.4, -0.2) is 37.4 Å². The number of amides is 1. The molecule has 0 bridgehead atoms. The zero-order chi connectivity index (χ0) is 20.8. The van der Waals surface area contributed by atoms with Gasteiger partial charge in [-0.1, -0.05) is 11.8 Å². The molecule has 0 radical (unpaired) electrons. The van der Waals surface area contributed by atoms with Gasteiger partial charge < -0.3 is 15.0 Å². The summed E-state index contributed by atoms with van der Waals surface area (Å²) in [6.07, 6.45) is 3.04. The zero-order valence-electron chi connectivity index (χ0n) is 16.0. The largest absolute Gasteiger partial charge is 0.508 e. The van der Waals surface area contributed by atoms with Crippen molar-refractivity contribution in [3.05, 3.63) is 46.9 Å². The van der Waals surface area contributed by atoms with Crippen LogP contribution in [0.5, 0.6) is 5.75 Å². The number of nitrogens with zero attached hydrogens (tertiary/aromatic N) is 4. The van der Waals surface area contributed by atoms with Crippen molar-refractivity contribution in [3.63, 3.8) is 0 Å². The highest BCUT2D eigenvalue weighted by atomic mass is 32.2. The molecule has 8 nitrogen and oxygen atoms in total. The lowest BCUT2D eigenvalue weighted by atomic mass is 10.3. The number of phenols is 1. The second kappa shape index (κ2) is 9.30. The molecule has 1 aromatic carbocycles. The minimum atomic E-state index is -0.190. The van der Waals surface area contributed by atoms with Gasteiger partial charge in [-0.05, 0) is 36.8 Å². The summed E-state index contributed by atoms with van der Waals surface area (Å²) in [7, 11) is 1.80. The second-order valence-corrected chi connectivity index (χ2v) is 7.48. The number of carbonyl (C=O) groups is 1. The van der Waals surface area contributed by atoms with Gasteiger partial charge >= 0.3 is 0 Å². The number of thioether (sulfide) groups is 1. The molecule has 0 aliphatic carbocycles. The van der Waals surface area contributed by atoms with Crippen LogP contribution in [0.2, 0.25) is 0 Å². The number of aromatic hydroxyl groups is 1. The minimum absolute atomic E-state index is 0.0942. The van der Waals surface area contributed by atoms with Crippen molar-refractivity contribution in [3.8, 4) is 17.5 Å². The smallest absolute Gasteiger partial charge is 0.283 e. The lowest BCUT2D eigenvalue weighted by Gasteiger charge is -2.13. The average molecular weight is 411 g/mol. The second-order valence-electron chi connectivity index (χ2n) is 6.42. The monoisotopic (exact) mass is 411 g/mol. The van der Waals surface area contributed by atoms with Gasteiger partial charge in [0.1, 0.15) is 11.3 Å². The summed E-state index contributed by atoms with van der Waals surface area (Å²) < 4.78 is 3.26. The molecule has 0 atom stereocenters. The van der Waals surface area contributed by atoms with Crippen molar-refractivity contribution < 1.29 is 9.90 Å². The number of nitriles is 1. The van der Waals surface area contributed by atoms with E-state index in [0.717, 1.165) is 0 Å². The van der Waals surface area contributed by atoms with Crippen molar-refractivity contribution in [2.45, 2.75) is 24.4 Å². The van der Waals surface area contributed by atoms with Gasteiger partial charge in [0.25, 0.3) is 5.56 Å². The third kappa shape index (κ3) is 4.78. The normalized spacial score (nSPS) is 10.8. The van der Waals surface area contributed by atoms with E-state index in [0.29, 0.717) is 53.4 Å². The Morgan fingerprint density at radius 2 is 2.07 bits per heavy atom. The molecule has 2 heterocycles. The van der Waals surface area contributed by atoms with E-state index in [2.05, 4.69) is 10.3 Å². The summed E-state index contributed by atoms with van der Waals surface area (Å²) in [6, 6.07) is 10.2. The van der Waals surface area contributed by atoms with Crippen LogP contribution < -0.4 is 10.9 Å². The van der Waals surface area contributed by atoms with Crippen LogP contribution in [0.4, 0.5) is 0 Å². The number of benzene rings is 1. The average Bonchev–Trinajstić information content (AvgIpc) is 3.07. The van der Waals surface area contributed by atoms with E-state index >= 15 is 0 Å². The molecule has 3 aromatic rings. The number of rotatable bonds is 8. The van der Waals surface area contributed by atoms with Gasteiger partial charge in [-0.2, -0.15) is 5.26 Å². The molecular formula is C20H21N5O3S. The molecule has 0 aliphatic rings. The predicted molar refractivity (Wildman–Crippen MR) is 111 cm³/mol. The van der Waals surface area contributed by atoms with Crippen LogP contribution in [0.3, 0.4) is 0 Å². The lowest BCUT2D eigenvalue weighted by molar-refractivity contribution is -0.121. The number of hydrogen-bond donors (Lipinski definition) is 2. The predicted octanol–water partition coefficient (Wildman–Crippen LogP) is 2.33. The number of hydrogen-bond acceptors (Lipinski definition) is 6. The Morgan fingerprint density at radius 3 is 2.79 bits per heavy atom. The van der Waals surface area contributed by atoms with Gasteiger partial charge in [-0.25, -0.2) is 4.98 Å². The molecule has 0 aliphatic heterocycles. The maximum absolute atomic E-state index is 13.1. The Balaban J connectivity index is 1.80. The van der Waals surface area contributed by atoms with Crippen molar-refractivity contribution >= 4 is 28.7 Å². The third-order valence-corrected chi connectivity index (χ3v) is 5.34. The van der Waals surface area contributed by atoms with Gasteiger partial charge in [0.05, 0.1) is 23.7 Å². The van der Waals surface area contributed by atoms with E-state index in [4.69, 9.17) is 5.26 Å². The third-order valence-electron chi connectivity index (χ3n) is 4.31. The van der Waals surface area contributed by atoms with Gasteiger partial charge in [0.2, 0.25) is 5.91 Å².